The van der Waals surface area contributed by atoms with Crippen molar-refractivity contribution >= 4 is 28.4 Å². The van der Waals surface area contributed by atoms with E-state index in [1.807, 2.05) is 0 Å². The summed E-state index contributed by atoms with van der Waals surface area (Å²) in [4.78, 5) is 29.4. The van der Waals surface area contributed by atoms with E-state index in [2.05, 4.69) is 10.3 Å². The Bertz CT molecular complexity index is 984. The summed E-state index contributed by atoms with van der Waals surface area (Å²) in [6.45, 7) is 2.05. The average molecular weight is 369 g/mol. The highest BCUT2D eigenvalue weighted by Gasteiger charge is 2.19. The molecule has 0 spiro atoms. The van der Waals surface area contributed by atoms with Gasteiger partial charge in [-0.15, -0.1) is 0 Å². The molecule has 1 heterocycles. The summed E-state index contributed by atoms with van der Waals surface area (Å²) in [6.07, 6.45) is 0. The molecule has 6 nitrogen and oxygen atoms in total. The minimum atomic E-state index is -0.370. The fourth-order valence-electron chi connectivity index (χ4n) is 2.79. The quantitative estimate of drug-likeness (QED) is 0.699. The molecule has 3 aromatic rings. The lowest BCUT2D eigenvalue weighted by molar-refractivity contribution is -0.116. The van der Waals surface area contributed by atoms with Crippen LogP contribution in [-0.2, 0) is 4.79 Å². The summed E-state index contributed by atoms with van der Waals surface area (Å²) in [5, 5.41) is 3.36. The molecule has 0 fully saturated rings. The number of methoxy groups -OCH3 is 1. The van der Waals surface area contributed by atoms with Crippen LogP contribution in [0.1, 0.15) is 17.4 Å². The van der Waals surface area contributed by atoms with E-state index in [-0.39, 0.29) is 24.2 Å². The number of hydrogen-bond donors (Lipinski definition) is 2. The van der Waals surface area contributed by atoms with E-state index >= 15 is 0 Å². The van der Waals surface area contributed by atoms with Crippen molar-refractivity contribution in [3.05, 3.63) is 60.0 Å². The van der Waals surface area contributed by atoms with Crippen molar-refractivity contribution in [2.75, 3.05) is 25.5 Å². The molecule has 0 saturated carbocycles. The summed E-state index contributed by atoms with van der Waals surface area (Å²) in [5.74, 6) is -0.387. The van der Waals surface area contributed by atoms with E-state index in [9.17, 15) is 14.0 Å². The Morgan fingerprint density at radius 3 is 2.74 bits per heavy atom. The molecule has 2 amide bonds. The van der Waals surface area contributed by atoms with E-state index in [1.165, 1.54) is 17.0 Å². The molecule has 0 aliphatic heterocycles. The Kier molecular flexibility index (Phi) is 5.40. The van der Waals surface area contributed by atoms with Gasteiger partial charge in [0, 0.05) is 29.2 Å². The van der Waals surface area contributed by atoms with Gasteiger partial charge in [-0.2, -0.15) is 0 Å². The van der Waals surface area contributed by atoms with Gasteiger partial charge in [-0.1, -0.05) is 6.07 Å². The lowest BCUT2D eigenvalue weighted by Crippen LogP contribution is -2.38. The van der Waals surface area contributed by atoms with Gasteiger partial charge in [0.15, 0.2) is 0 Å². The minimum absolute atomic E-state index is 0.101. The molecular weight excluding hydrogens is 349 g/mol. The number of fused-ring (bicyclic) bond motifs is 1. The highest BCUT2D eigenvalue weighted by molar-refractivity contribution is 6.01. The normalized spacial score (nSPS) is 10.6. The molecule has 0 unspecified atom stereocenters. The number of hydrogen-bond acceptors (Lipinski definition) is 3. The number of halogens is 1. The number of anilines is 1. The van der Waals surface area contributed by atoms with Crippen LogP contribution < -0.4 is 10.1 Å². The third-order valence-electron chi connectivity index (χ3n) is 4.17. The number of carbonyl (C=O) groups is 2. The number of ether oxygens (including phenoxy) is 1. The minimum Gasteiger partial charge on any atom is -0.497 e. The molecule has 7 heteroatoms. The fraction of sp³-hybridized carbons (Fsp3) is 0.200. The molecule has 0 atom stereocenters. The number of nitrogens with zero attached hydrogens (tertiary/aromatic N) is 1. The molecule has 0 aliphatic carbocycles. The maximum absolute atomic E-state index is 13.3. The van der Waals surface area contributed by atoms with Crippen molar-refractivity contribution in [1.82, 2.24) is 9.88 Å². The van der Waals surface area contributed by atoms with Gasteiger partial charge in [0.2, 0.25) is 5.91 Å². The Morgan fingerprint density at radius 2 is 2.00 bits per heavy atom. The van der Waals surface area contributed by atoms with Gasteiger partial charge in [-0.05, 0) is 43.3 Å². The molecule has 0 saturated heterocycles. The first kappa shape index (κ1) is 18.4. The van der Waals surface area contributed by atoms with Crippen LogP contribution in [0.4, 0.5) is 10.1 Å². The molecule has 2 N–H and O–H groups in total. The van der Waals surface area contributed by atoms with Gasteiger partial charge in [-0.3, -0.25) is 9.59 Å². The van der Waals surface area contributed by atoms with Gasteiger partial charge < -0.3 is 19.9 Å². The Balaban J connectivity index is 1.71. The first-order chi connectivity index (χ1) is 13.0. The second-order valence-electron chi connectivity index (χ2n) is 6.01. The van der Waals surface area contributed by atoms with Gasteiger partial charge in [0.1, 0.15) is 23.8 Å². The van der Waals surface area contributed by atoms with E-state index < -0.39 is 0 Å². The van der Waals surface area contributed by atoms with Crippen molar-refractivity contribution in [1.29, 1.82) is 0 Å². The predicted octanol–water partition coefficient (Wildman–Crippen LogP) is 3.42. The third kappa shape index (κ3) is 4.25. The number of H-pyrrole nitrogens is 1. The van der Waals surface area contributed by atoms with E-state index in [4.69, 9.17) is 4.74 Å². The average Bonchev–Trinajstić information content (AvgIpc) is 3.08. The third-order valence-corrected chi connectivity index (χ3v) is 4.17. The molecule has 0 aliphatic rings. The summed E-state index contributed by atoms with van der Waals surface area (Å²) < 4.78 is 18.5. The number of carbonyl (C=O) groups excluding carboxylic acids is 2. The molecule has 1 aromatic heterocycles. The molecule has 2 aromatic carbocycles. The van der Waals surface area contributed by atoms with Crippen molar-refractivity contribution in [3.8, 4) is 5.75 Å². The molecule has 0 radical (unpaired) electrons. The van der Waals surface area contributed by atoms with Gasteiger partial charge in [0.25, 0.3) is 5.91 Å². The van der Waals surface area contributed by atoms with E-state index in [0.29, 0.717) is 34.6 Å². The zero-order valence-corrected chi connectivity index (χ0v) is 15.1. The second-order valence-corrected chi connectivity index (χ2v) is 6.01. The van der Waals surface area contributed by atoms with Crippen molar-refractivity contribution in [3.63, 3.8) is 0 Å². The van der Waals surface area contributed by atoms with Crippen molar-refractivity contribution in [2.24, 2.45) is 0 Å². The highest BCUT2D eigenvalue weighted by Crippen LogP contribution is 2.19. The van der Waals surface area contributed by atoms with Crippen LogP contribution >= 0.6 is 0 Å². The molecule has 140 valence electrons. The van der Waals surface area contributed by atoms with Crippen LogP contribution in [0.25, 0.3) is 10.9 Å². The summed E-state index contributed by atoms with van der Waals surface area (Å²) >= 11 is 0. The van der Waals surface area contributed by atoms with Crippen LogP contribution in [0.3, 0.4) is 0 Å². The Labute approximate surface area is 155 Å². The van der Waals surface area contributed by atoms with Crippen LogP contribution in [-0.4, -0.2) is 41.9 Å². The smallest absolute Gasteiger partial charge is 0.270 e. The topological polar surface area (TPSA) is 74.4 Å². The fourth-order valence-corrected chi connectivity index (χ4v) is 2.79. The van der Waals surface area contributed by atoms with Crippen LogP contribution in [0.5, 0.6) is 5.75 Å². The van der Waals surface area contributed by atoms with Gasteiger partial charge in [-0.25, -0.2) is 4.39 Å². The summed E-state index contributed by atoms with van der Waals surface area (Å²) in [6, 6.07) is 12.8. The van der Waals surface area contributed by atoms with Crippen molar-refractivity contribution in [2.45, 2.75) is 6.92 Å². The number of likely N-dealkylation sites (N-methyl/N-ethyl adjacent to an activating group) is 1. The largest absolute Gasteiger partial charge is 0.497 e. The number of aromatic amines is 1. The van der Waals surface area contributed by atoms with Crippen LogP contribution in [0.15, 0.2) is 48.5 Å². The maximum atomic E-state index is 13.3. The first-order valence-electron chi connectivity index (χ1n) is 8.51. The number of benzene rings is 2. The van der Waals surface area contributed by atoms with Crippen LogP contribution in [0.2, 0.25) is 0 Å². The Morgan fingerprint density at radius 1 is 1.19 bits per heavy atom. The molecular formula is C20H20FN3O3. The first-order valence-corrected chi connectivity index (χ1v) is 8.51. The van der Waals surface area contributed by atoms with E-state index in [1.54, 1.807) is 50.4 Å². The van der Waals surface area contributed by atoms with Gasteiger partial charge in [0.05, 0.1) is 7.11 Å². The number of aromatic nitrogens is 1. The number of amides is 2. The standard InChI is InChI=1S/C20H20FN3O3/c1-3-24(12-19(25)22-15-5-4-6-16(11-15)27-2)20(26)18-10-13-9-14(21)7-8-17(13)23-18/h4-11,23H,3,12H2,1-2H3,(H,22,25). The lowest BCUT2D eigenvalue weighted by atomic mass is 10.2. The number of rotatable bonds is 6. The molecule has 3 rings (SSSR count). The molecule has 27 heavy (non-hydrogen) atoms. The zero-order chi connectivity index (χ0) is 19.4. The van der Waals surface area contributed by atoms with Crippen molar-refractivity contribution < 1.29 is 18.7 Å². The molecule has 0 bridgehead atoms. The summed E-state index contributed by atoms with van der Waals surface area (Å²) in [7, 11) is 1.55. The zero-order valence-electron chi connectivity index (χ0n) is 15.1. The Hall–Kier alpha value is -3.35. The number of nitrogens with one attached hydrogen (secondary N) is 2. The lowest BCUT2D eigenvalue weighted by Gasteiger charge is -2.19. The highest BCUT2D eigenvalue weighted by atomic mass is 19.1. The summed E-state index contributed by atoms with van der Waals surface area (Å²) in [5.41, 5.74) is 1.56. The maximum Gasteiger partial charge on any atom is 0.270 e. The second kappa shape index (κ2) is 7.90. The predicted molar refractivity (Wildman–Crippen MR) is 101 cm³/mol. The van der Waals surface area contributed by atoms with Gasteiger partial charge >= 0.3 is 0 Å². The van der Waals surface area contributed by atoms with Crippen LogP contribution in [0, 0.1) is 5.82 Å². The SMILES string of the molecule is CCN(CC(=O)Nc1cccc(OC)c1)C(=O)c1cc2cc(F)ccc2[nH]1. The monoisotopic (exact) mass is 369 g/mol. The van der Waals surface area contributed by atoms with E-state index in [0.717, 1.165) is 0 Å².